The number of benzene rings is 2. The molecule has 0 atom stereocenters. The van der Waals surface area contributed by atoms with E-state index in [9.17, 15) is 4.39 Å². The molecule has 3 rings (SSSR count). The summed E-state index contributed by atoms with van der Waals surface area (Å²) in [5.41, 5.74) is 2.40. The quantitative estimate of drug-likeness (QED) is 0.637. The van der Waals surface area contributed by atoms with E-state index in [0.717, 1.165) is 16.8 Å². The Bertz CT molecular complexity index is 724. The molecular weight excluding hydrogens is 297 g/mol. The van der Waals surface area contributed by atoms with Crippen LogP contribution in [0.5, 0.6) is 0 Å². The zero-order valence-electron chi connectivity index (χ0n) is 10.2. The molecule has 0 bridgehead atoms. The van der Waals surface area contributed by atoms with Crippen molar-refractivity contribution in [2.45, 2.75) is 0 Å². The Balaban J connectivity index is 2.15. The SMILES string of the molecule is Fc1ccc(-c2oc(=S)[nH]c2-c2ccc(Cl)cc2)cc1. The molecule has 0 amide bonds. The van der Waals surface area contributed by atoms with Gasteiger partial charge in [0.05, 0.1) is 5.69 Å². The maximum Gasteiger partial charge on any atom is 0.266 e. The van der Waals surface area contributed by atoms with Crippen molar-refractivity contribution in [2.75, 3.05) is 0 Å². The van der Waals surface area contributed by atoms with Crippen molar-refractivity contribution in [3.05, 3.63) is 64.2 Å². The highest BCUT2D eigenvalue weighted by Crippen LogP contribution is 2.32. The predicted molar refractivity (Wildman–Crippen MR) is 79.7 cm³/mol. The van der Waals surface area contributed by atoms with E-state index in [1.54, 1.807) is 24.3 Å². The van der Waals surface area contributed by atoms with E-state index in [1.807, 2.05) is 12.1 Å². The van der Waals surface area contributed by atoms with E-state index in [0.29, 0.717) is 10.8 Å². The number of aromatic nitrogens is 1. The molecule has 5 heteroatoms. The molecular formula is C15H9ClFNOS. The minimum absolute atomic E-state index is 0.272. The molecule has 1 N–H and O–H groups in total. The molecule has 0 fully saturated rings. The Labute approximate surface area is 124 Å². The van der Waals surface area contributed by atoms with Gasteiger partial charge in [0.1, 0.15) is 5.82 Å². The summed E-state index contributed by atoms with van der Waals surface area (Å²) in [5.74, 6) is 0.285. The van der Waals surface area contributed by atoms with Crippen LogP contribution in [-0.2, 0) is 0 Å². The Morgan fingerprint density at radius 1 is 0.950 bits per heavy atom. The maximum atomic E-state index is 13.0. The summed E-state index contributed by atoms with van der Waals surface area (Å²) in [5, 5.41) is 0.652. The summed E-state index contributed by atoms with van der Waals surface area (Å²) in [6, 6.07) is 13.4. The molecule has 100 valence electrons. The van der Waals surface area contributed by atoms with Gasteiger partial charge in [-0.3, -0.25) is 0 Å². The number of nitrogens with one attached hydrogen (secondary N) is 1. The summed E-state index contributed by atoms with van der Waals surface area (Å²) in [4.78, 5) is 3.28. The van der Waals surface area contributed by atoms with Crippen LogP contribution in [0.3, 0.4) is 0 Å². The Hall–Kier alpha value is -1.91. The van der Waals surface area contributed by atoms with E-state index in [1.165, 1.54) is 12.1 Å². The van der Waals surface area contributed by atoms with Crippen LogP contribution in [0.15, 0.2) is 52.9 Å². The lowest BCUT2D eigenvalue weighted by Gasteiger charge is -2.02. The molecule has 0 aliphatic carbocycles. The summed E-state index contributed by atoms with van der Waals surface area (Å²) < 4.78 is 18.5. The summed E-state index contributed by atoms with van der Waals surface area (Å²) in [6.07, 6.45) is 0. The van der Waals surface area contributed by atoms with Crippen LogP contribution in [0.2, 0.25) is 5.02 Å². The van der Waals surface area contributed by atoms with Crippen LogP contribution in [0.4, 0.5) is 4.39 Å². The van der Waals surface area contributed by atoms with E-state index < -0.39 is 0 Å². The van der Waals surface area contributed by atoms with Gasteiger partial charge < -0.3 is 9.40 Å². The first-order chi connectivity index (χ1) is 9.63. The normalized spacial score (nSPS) is 10.7. The minimum Gasteiger partial charge on any atom is -0.429 e. The third kappa shape index (κ3) is 2.53. The van der Waals surface area contributed by atoms with Crippen molar-refractivity contribution >= 4 is 23.8 Å². The van der Waals surface area contributed by atoms with Gasteiger partial charge in [0.25, 0.3) is 4.84 Å². The van der Waals surface area contributed by atoms with Crippen LogP contribution in [-0.4, -0.2) is 4.98 Å². The zero-order chi connectivity index (χ0) is 14.1. The van der Waals surface area contributed by atoms with Crippen LogP contribution in [0, 0.1) is 10.7 Å². The van der Waals surface area contributed by atoms with Crippen LogP contribution in [0.1, 0.15) is 0 Å². The van der Waals surface area contributed by atoms with E-state index >= 15 is 0 Å². The molecule has 1 aromatic heterocycles. The molecule has 0 radical (unpaired) electrons. The van der Waals surface area contributed by atoms with Gasteiger partial charge in [0.2, 0.25) is 0 Å². The van der Waals surface area contributed by atoms with Crippen molar-refractivity contribution in [1.82, 2.24) is 4.98 Å². The highest BCUT2D eigenvalue weighted by Gasteiger charge is 2.13. The van der Waals surface area contributed by atoms with Gasteiger partial charge in [-0.15, -0.1) is 0 Å². The zero-order valence-corrected chi connectivity index (χ0v) is 11.8. The minimum atomic E-state index is -0.295. The molecule has 2 aromatic carbocycles. The molecule has 1 heterocycles. The van der Waals surface area contributed by atoms with Crippen molar-refractivity contribution in [3.63, 3.8) is 0 Å². The Kier molecular flexibility index (Phi) is 3.42. The third-order valence-electron chi connectivity index (χ3n) is 2.89. The van der Waals surface area contributed by atoms with Gasteiger partial charge in [0.15, 0.2) is 5.76 Å². The lowest BCUT2D eigenvalue weighted by Crippen LogP contribution is -1.83. The molecule has 0 unspecified atom stereocenters. The highest BCUT2D eigenvalue weighted by molar-refractivity contribution is 7.71. The topological polar surface area (TPSA) is 28.9 Å². The lowest BCUT2D eigenvalue weighted by molar-refractivity contribution is 0.554. The number of H-pyrrole nitrogens is 1. The first-order valence-electron chi connectivity index (χ1n) is 5.88. The average Bonchev–Trinajstić information content (AvgIpc) is 2.82. The fourth-order valence-corrected chi connectivity index (χ4v) is 2.26. The van der Waals surface area contributed by atoms with Gasteiger partial charge in [-0.2, -0.15) is 0 Å². The van der Waals surface area contributed by atoms with Gasteiger partial charge in [0, 0.05) is 16.1 Å². The first-order valence-corrected chi connectivity index (χ1v) is 6.67. The number of rotatable bonds is 2. The van der Waals surface area contributed by atoms with Gasteiger partial charge in [-0.25, -0.2) is 4.39 Å². The molecule has 0 saturated carbocycles. The third-order valence-corrected chi connectivity index (χ3v) is 3.33. The number of hydrogen-bond acceptors (Lipinski definition) is 2. The fraction of sp³-hybridized carbons (Fsp3) is 0. The fourth-order valence-electron chi connectivity index (χ4n) is 1.95. The van der Waals surface area contributed by atoms with Crippen LogP contribution in [0.25, 0.3) is 22.6 Å². The Morgan fingerprint density at radius 3 is 2.20 bits per heavy atom. The highest BCUT2D eigenvalue weighted by atomic mass is 35.5. The van der Waals surface area contributed by atoms with E-state index in [2.05, 4.69) is 4.98 Å². The largest absolute Gasteiger partial charge is 0.429 e. The molecule has 0 spiro atoms. The van der Waals surface area contributed by atoms with Crippen molar-refractivity contribution in [2.24, 2.45) is 0 Å². The molecule has 0 saturated heterocycles. The maximum absolute atomic E-state index is 13.0. The molecule has 0 aliphatic heterocycles. The summed E-state index contributed by atoms with van der Waals surface area (Å²) >= 11 is 10.9. The smallest absolute Gasteiger partial charge is 0.266 e. The molecule has 0 aliphatic rings. The van der Waals surface area contributed by atoms with Gasteiger partial charge >= 0.3 is 0 Å². The van der Waals surface area contributed by atoms with Crippen LogP contribution < -0.4 is 0 Å². The number of oxazole rings is 1. The summed E-state index contributed by atoms with van der Waals surface area (Å²) in [7, 11) is 0. The second kappa shape index (κ2) is 5.23. The predicted octanol–water partition coefficient (Wildman–Crippen LogP) is 5.46. The van der Waals surface area contributed by atoms with Crippen molar-refractivity contribution < 1.29 is 8.81 Å². The van der Waals surface area contributed by atoms with Crippen LogP contribution >= 0.6 is 23.8 Å². The monoisotopic (exact) mass is 305 g/mol. The second-order valence-corrected chi connectivity index (χ2v) is 5.04. The standard InChI is InChI=1S/C15H9ClFNOS/c16-11-5-1-9(2-6-11)13-14(19-15(20)18-13)10-3-7-12(17)8-4-10/h1-8H,(H,18,20). The van der Waals surface area contributed by atoms with Gasteiger partial charge in [-0.1, -0.05) is 23.7 Å². The van der Waals surface area contributed by atoms with Crippen molar-refractivity contribution in [3.8, 4) is 22.6 Å². The number of hydrogen-bond donors (Lipinski definition) is 1. The molecule has 3 aromatic rings. The average molecular weight is 306 g/mol. The van der Waals surface area contributed by atoms with Crippen molar-refractivity contribution in [1.29, 1.82) is 0 Å². The lowest BCUT2D eigenvalue weighted by atomic mass is 10.1. The summed E-state index contributed by atoms with van der Waals surface area (Å²) in [6.45, 7) is 0. The Morgan fingerprint density at radius 2 is 1.55 bits per heavy atom. The molecule has 2 nitrogen and oxygen atoms in total. The number of halogens is 2. The second-order valence-electron chi connectivity index (χ2n) is 4.23. The van der Waals surface area contributed by atoms with Gasteiger partial charge in [-0.05, 0) is 48.6 Å². The van der Waals surface area contributed by atoms with E-state index in [-0.39, 0.29) is 10.7 Å². The first kappa shape index (κ1) is 13.1. The number of aromatic amines is 1. The molecule has 20 heavy (non-hydrogen) atoms. The van der Waals surface area contributed by atoms with E-state index in [4.69, 9.17) is 28.2 Å².